The van der Waals surface area contributed by atoms with Crippen molar-refractivity contribution in [3.63, 3.8) is 0 Å². The molecule has 2 nitrogen and oxygen atoms in total. The fourth-order valence-electron chi connectivity index (χ4n) is 1.40. The number of hydrogen-bond acceptors (Lipinski definition) is 2. The van der Waals surface area contributed by atoms with E-state index in [2.05, 4.69) is 0 Å². The van der Waals surface area contributed by atoms with Crippen LogP contribution in [0.25, 0.3) is 0 Å². The number of Topliss-reactive ketones (excluding diaryl/α,β-unsaturated/α-hetero) is 1. The fraction of sp³-hybridized carbons (Fsp3) is 0.364. The summed E-state index contributed by atoms with van der Waals surface area (Å²) in [6.45, 7) is 5.74. The number of benzene rings is 1. The van der Waals surface area contributed by atoms with Gasteiger partial charge in [0.2, 0.25) is 0 Å². The number of anilines is 1. The monoisotopic (exact) mass is 177 g/mol. The number of carbonyl (C=O) groups is 1. The SMILES string of the molecule is CCC(=O)c1cc(C)cc(C)c1N. The summed E-state index contributed by atoms with van der Waals surface area (Å²) in [6, 6.07) is 3.84. The number of nitrogen functional groups attached to an aromatic ring is 1. The van der Waals surface area contributed by atoms with Crippen molar-refractivity contribution in [3.05, 3.63) is 28.8 Å². The highest BCUT2D eigenvalue weighted by Gasteiger charge is 2.09. The first-order chi connectivity index (χ1) is 6.06. The Kier molecular flexibility index (Phi) is 2.71. The summed E-state index contributed by atoms with van der Waals surface area (Å²) in [6.07, 6.45) is 0.507. The van der Waals surface area contributed by atoms with Gasteiger partial charge in [-0.2, -0.15) is 0 Å². The van der Waals surface area contributed by atoms with Crippen LogP contribution in [0.4, 0.5) is 5.69 Å². The van der Waals surface area contributed by atoms with Gasteiger partial charge in [-0.15, -0.1) is 0 Å². The molecule has 70 valence electrons. The standard InChI is InChI=1S/C11H15NO/c1-4-10(13)9-6-7(2)5-8(3)11(9)12/h5-6H,4,12H2,1-3H3. The Labute approximate surface area is 78.8 Å². The summed E-state index contributed by atoms with van der Waals surface area (Å²) in [5.74, 6) is 0.115. The molecule has 0 spiro atoms. The predicted octanol–water partition coefficient (Wildman–Crippen LogP) is 2.48. The van der Waals surface area contributed by atoms with Gasteiger partial charge in [-0.1, -0.05) is 13.0 Å². The second-order valence-corrected chi connectivity index (χ2v) is 3.32. The second kappa shape index (κ2) is 3.60. The molecule has 0 aliphatic rings. The summed E-state index contributed by atoms with van der Waals surface area (Å²) in [4.78, 5) is 11.5. The van der Waals surface area contributed by atoms with Gasteiger partial charge in [-0.25, -0.2) is 0 Å². The normalized spacial score (nSPS) is 10.1. The molecule has 2 heteroatoms. The molecule has 0 aromatic heterocycles. The molecule has 0 heterocycles. The Morgan fingerprint density at radius 1 is 1.38 bits per heavy atom. The average molecular weight is 177 g/mol. The minimum atomic E-state index is 0.115. The number of aryl methyl sites for hydroxylation is 2. The lowest BCUT2D eigenvalue weighted by atomic mass is 10.0. The zero-order valence-corrected chi connectivity index (χ0v) is 8.35. The summed E-state index contributed by atoms with van der Waals surface area (Å²) in [5, 5.41) is 0. The van der Waals surface area contributed by atoms with E-state index < -0.39 is 0 Å². The molecule has 13 heavy (non-hydrogen) atoms. The molecule has 0 saturated heterocycles. The van der Waals surface area contributed by atoms with Gasteiger partial charge in [0.25, 0.3) is 0 Å². The van der Waals surface area contributed by atoms with E-state index in [-0.39, 0.29) is 5.78 Å². The molecule has 0 radical (unpaired) electrons. The zero-order chi connectivity index (χ0) is 10.0. The van der Waals surface area contributed by atoms with E-state index in [4.69, 9.17) is 5.73 Å². The Hall–Kier alpha value is -1.31. The zero-order valence-electron chi connectivity index (χ0n) is 8.35. The summed E-state index contributed by atoms with van der Waals surface area (Å²) in [5.41, 5.74) is 9.17. The van der Waals surface area contributed by atoms with Crippen molar-refractivity contribution in [2.45, 2.75) is 27.2 Å². The molecule has 0 amide bonds. The molecule has 0 fully saturated rings. The molecule has 2 N–H and O–H groups in total. The maximum Gasteiger partial charge on any atom is 0.164 e. The van der Waals surface area contributed by atoms with Crippen LogP contribution in [0.2, 0.25) is 0 Å². The van der Waals surface area contributed by atoms with Crippen LogP contribution in [0, 0.1) is 13.8 Å². The lowest BCUT2D eigenvalue weighted by Crippen LogP contribution is -2.04. The first-order valence-electron chi connectivity index (χ1n) is 4.46. The number of nitrogens with two attached hydrogens (primary N) is 1. The highest BCUT2D eigenvalue weighted by atomic mass is 16.1. The van der Waals surface area contributed by atoms with E-state index in [9.17, 15) is 4.79 Å². The van der Waals surface area contributed by atoms with Gasteiger partial charge in [-0.3, -0.25) is 4.79 Å². The second-order valence-electron chi connectivity index (χ2n) is 3.32. The van der Waals surface area contributed by atoms with Crippen molar-refractivity contribution in [2.24, 2.45) is 0 Å². The highest BCUT2D eigenvalue weighted by Crippen LogP contribution is 2.20. The molecule has 0 aliphatic heterocycles. The molecule has 0 aliphatic carbocycles. The van der Waals surface area contributed by atoms with Gasteiger partial charge in [0, 0.05) is 17.7 Å². The molecule has 0 atom stereocenters. The topological polar surface area (TPSA) is 43.1 Å². The lowest BCUT2D eigenvalue weighted by molar-refractivity contribution is 0.0989. The Morgan fingerprint density at radius 2 is 2.00 bits per heavy atom. The maximum absolute atomic E-state index is 11.5. The number of ketones is 1. The van der Waals surface area contributed by atoms with Crippen LogP contribution in [0.15, 0.2) is 12.1 Å². The highest BCUT2D eigenvalue weighted by molar-refractivity contribution is 6.01. The Bertz CT molecular complexity index is 342. The van der Waals surface area contributed by atoms with Gasteiger partial charge < -0.3 is 5.73 Å². The number of rotatable bonds is 2. The van der Waals surface area contributed by atoms with E-state index in [1.807, 2.05) is 32.9 Å². The quantitative estimate of drug-likeness (QED) is 0.557. The van der Waals surface area contributed by atoms with Crippen molar-refractivity contribution < 1.29 is 4.79 Å². The summed E-state index contributed by atoms with van der Waals surface area (Å²) in [7, 11) is 0. The van der Waals surface area contributed by atoms with Gasteiger partial charge in [-0.05, 0) is 31.0 Å². The van der Waals surface area contributed by atoms with Crippen molar-refractivity contribution >= 4 is 11.5 Å². The lowest BCUT2D eigenvalue weighted by Gasteiger charge is -2.07. The van der Waals surface area contributed by atoms with Crippen LogP contribution >= 0.6 is 0 Å². The average Bonchev–Trinajstić information content (AvgIpc) is 2.10. The molecular weight excluding hydrogens is 162 g/mol. The van der Waals surface area contributed by atoms with Gasteiger partial charge >= 0.3 is 0 Å². The molecule has 1 aromatic carbocycles. The summed E-state index contributed by atoms with van der Waals surface area (Å²) >= 11 is 0. The van der Waals surface area contributed by atoms with Crippen LogP contribution in [0.3, 0.4) is 0 Å². The van der Waals surface area contributed by atoms with Crippen molar-refractivity contribution in [3.8, 4) is 0 Å². The Balaban J connectivity index is 3.28. The van der Waals surface area contributed by atoms with E-state index in [0.29, 0.717) is 17.7 Å². The van der Waals surface area contributed by atoms with Crippen molar-refractivity contribution in [1.29, 1.82) is 0 Å². The third-order valence-corrected chi connectivity index (χ3v) is 2.15. The minimum Gasteiger partial charge on any atom is -0.398 e. The van der Waals surface area contributed by atoms with E-state index in [1.54, 1.807) is 0 Å². The number of carbonyl (C=O) groups excluding carboxylic acids is 1. The largest absolute Gasteiger partial charge is 0.398 e. The van der Waals surface area contributed by atoms with Gasteiger partial charge in [0.15, 0.2) is 5.78 Å². The molecular formula is C11H15NO. The van der Waals surface area contributed by atoms with E-state index in [0.717, 1.165) is 11.1 Å². The summed E-state index contributed by atoms with van der Waals surface area (Å²) < 4.78 is 0. The first kappa shape index (κ1) is 9.78. The van der Waals surface area contributed by atoms with Gasteiger partial charge in [0.1, 0.15) is 0 Å². The van der Waals surface area contributed by atoms with Crippen molar-refractivity contribution in [1.82, 2.24) is 0 Å². The molecule has 0 saturated carbocycles. The van der Waals surface area contributed by atoms with Crippen molar-refractivity contribution in [2.75, 3.05) is 5.73 Å². The third-order valence-electron chi connectivity index (χ3n) is 2.15. The maximum atomic E-state index is 11.5. The minimum absolute atomic E-state index is 0.115. The van der Waals surface area contributed by atoms with Crippen LogP contribution in [-0.4, -0.2) is 5.78 Å². The molecule has 1 rings (SSSR count). The molecule has 0 unspecified atom stereocenters. The molecule has 0 bridgehead atoms. The van der Waals surface area contributed by atoms with E-state index >= 15 is 0 Å². The first-order valence-corrected chi connectivity index (χ1v) is 4.46. The van der Waals surface area contributed by atoms with Crippen LogP contribution < -0.4 is 5.73 Å². The molecule has 1 aromatic rings. The number of hydrogen-bond donors (Lipinski definition) is 1. The smallest absolute Gasteiger partial charge is 0.164 e. The third kappa shape index (κ3) is 1.89. The van der Waals surface area contributed by atoms with Crippen LogP contribution in [-0.2, 0) is 0 Å². The van der Waals surface area contributed by atoms with Crippen LogP contribution in [0.1, 0.15) is 34.8 Å². The fourth-order valence-corrected chi connectivity index (χ4v) is 1.40. The van der Waals surface area contributed by atoms with E-state index in [1.165, 1.54) is 0 Å². The van der Waals surface area contributed by atoms with Gasteiger partial charge in [0.05, 0.1) is 0 Å². The Morgan fingerprint density at radius 3 is 2.54 bits per heavy atom. The van der Waals surface area contributed by atoms with Crippen LogP contribution in [0.5, 0.6) is 0 Å². The predicted molar refractivity (Wildman–Crippen MR) is 54.9 cm³/mol.